The van der Waals surface area contributed by atoms with Gasteiger partial charge in [0, 0.05) is 4.88 Å². The summed E-state index contributed by atoms with van der Waals surface area (Å²) < 4.78 is 30.6. The molecule has 2 N–H and O–H groups in total. The predicted molar refractivity (Wildman–Crippen MR) is 111 cm³/mol. The Morgan fingerprint density at radius 1 is 1.28 bits per heavy atom. The number of nitrogens with zero attached hydrogens (tertiary/aromatic N) is 1. The van der Waals surface area contributed by atoms with Crippen LogP contribution in [-0.2, 0) is 37.2 Å². The molecule has 0 saturated heterocycles. The van der Waals surface area contributed by atoms with Crippen molar-refractivity contribution in [3.05, 3.63) is 16.0 Å². The van der Waals surface area contributed by atoms with Gasteiger partial charge in [0.25, 0.3) is 5.91 Å². The van der Waals surface area contributed by atoms with Gasteiger partial charge in [-0.05, 0) is 44.6 Å². The first kappa shape index (κ1) is 23.3. The molecule has 1 aliphatic rings. The van der Waals surface area contributed by atoms with E-state index in [1.165, 1.54) is 18.3 Å². The van der Waals surface area contributed by atoms with Crippen molar-refractivity contribution in [3.63, 3.8) is 0 Å². The fourth-order valence-electron chi connectivity index (χ4n) is 3.03. The highest BCUT2D eigenvalue weighted by Crippen LogP contribution is 2.37. The number of carbonyl (C=O) groups is 2. The van der Waals surface area contributed by atoms with Gasteiger partial charge in [-0.1, -0.05) is 19.8 Å². The van der Waals surface area contributed by atoms with E-state index < -0.39 is 34.5 Å². The lowest BCUT2D eigenvalue weighted by atomic mass is 10.1. The van der Waals surface area contributed by atoms with Crippen LogP contribution in [0, 0.1) is 11.3 Å². The second-order valence-electron chi connectivity index (χ2n) is 7.00. The second kappa shape index (κ2) is 10.7. The number of anilines is 1. The number of rotatable bonds is 9. The minimum atomic E-state index is -3.54. The molecule has 10 heteroatoms. The van der Waals surface area contributed by atoms with Gasteiger partial charge in [-0.2, -0.15) is 5.26 Å². The zero-order valence-corrected chi connectivity index (χ0v) is 18.4. The molecule has 0 fully saturated rings. The normalized spacial score (nSPS) is 14.9. The molecule has 0 bridgehead atoms. The van der Waals surface area contributed by atoms with Crippen LogP contribution < -0.4 is 10.0 Å². The van der Waals surface area contributed by atoms with Gasteiger partial charge in [0.1, 0.15) is 17.6 Å². The number of sulfonamides is 1. The quantitative estimate of drug-likeness (QED) is 0.448. The van der Waals surface area contributed by atoms with Crippen LogP contribution in [0.3, 0.4) is 0 Å². The molecule has 1 atom stereocenters. The van der Waals surface area contributed by atoms with Gasteiger partial charge in [0.2, 0.25) is 10.0 Å². The van der Waals surface area contributed by atoms with Crippen LogP contribution in [0.25, 0.3) is 0 Å². The van der Waals surface area contributed by atoms with E-state index in [4.69, 9.17) is 4.74 Å². The summed E-state index contributed by atoms with van der Waals surface area (Å²) in [7, 11) is -3.54. The Morgan fingerprint density at radius 3 is 2.69 bits per heavy atom. The maximum Gasteiger partial charge on any atom is 0.321 e. The molecular formula is C19H27N3O5S2. The first-order valence-corrected chi connectivity index (χ1v) is 12.3. The molecule has 1 heterocycles. The smallest absolute Gasteiger partial charge is 0.321 e. The zero-order valence-electron chi connectivity index (χ0n) is 16.7. The van der Waals surface area contributed by atoms with Crippen LogP contribution in [-0.4, -0.2) is 38.7 Å². The monoisotopic (exact) mass is 441 g/mol. The number of hydrogen-bond acceptors (Lipinski definition) is 7. The van der Waals surface area contributed by atoms with Crippen molar-refractivity contribution in [2.24, 2.45) is 0 Å². The van der Waals surface area contributed by atoms with Crippen molar-refractivity contribution in [2.45, 2.75) is 64.9 Å². The molecule has 1 amide bonds. The van der Waals surface area contributed by atoms with Gasteiger partial charge in [-0.15, -0.1) is 11.3 Å². The van der Waals surface area contributed by atoms with Crippen molar-refractivity contribution in [2.75, 3.05) is 17.6 Å². The number of hydrogen-bond donors (Lipinski definition) is 2. The second-order valence-corrected chi connectivity index (χ2v) is 10.0. The van der Waals surface area contributed by atoms with E-state index in [1.807, 2.05) is 6.92 Å². The average molecular weight is 442 g/mol. The van der Waals surface area contributed by atoms with Crippen LogP contribution in [0.1, 0.15) is 62.0 Å². The Kier molecular flexibility index (Phi) is 8.61. The molecule has 1 aromatic heterocycles. The lowest BCUT2D eigenvalue weighted by molar-refractivity contribution is -0.151. The number of amides is 1. The summed E-state index contributed by atoms with van der Waals surface area (Å²) in [5.41, 5.74) is 1.50. The van der Waals surface area contributed by atoms with Crippen molar-refractivity contribution >= 4 is 38.2 Å². The number of unbranched alkanes of at least 4 members (excludes halogenated alkanes) is 1. The van der Waals surface area contributed by atoms with Gasteiger partial charge in [-0.3, -0.25) is 9.59 Å². The summed E-state index contributed by atoms with van der Waals surface area (Å²) in [6, 6.07) is 2.18. The summed E-state index contributed by atoms with van der Waals surface area (Å²) in [6.07, 6.45) is 5.04. The fourth-order valence-corrected chi connectivity index (χ4v) is 5.42. The molecule has 2 rings (SSSR count). The number of thiophene rings is 1. The van der Waals surface area contributed by atoms with E-state index in [0.29, 0.717) is 17.0 Å². The molecule has 1 aromatic rings. The molecule has 0 saturated carbocycles. The molecule has 0 aliphatic heterocycles. The number of esters is 1. The van der Waals surface area contributed by atoms with E-state index in [1.54, 1.807) is 0 Å². The molecule has 0 spiro atoms. The Balaban J connectivity index is 1.92. The Labute approximate surface area is 175 Å². The third-order valence-electron chi connectivity index (χ3n) is 4.65. The summed E-state index contributed by atoms with van der Waals surface area (Å²) in [5, 5.41) is 12.7. The van der Waals surface area contributed by atoms with Crippen molar-refractivity contribution in [1.29, 1.82) is 5.26 Å². The van der Waals surface area contributed by atoms with E-state index in [2.05, 4.69) is 16.1 Å². The molecule has 29 heavy (non-hydrogen) atoms. The summed E-state index contributed by atoms with van der Waals surface area (Å²) >= 11 is 1.40. The van der Waals surface area contributed by atoms with Gasteiger partial charge in [-0.25, -0.2) is 13.1 Å². The lowest BCUT2D eigenvalue weighted by Gasteiger charge is -2.13. The van der Waals surface area contributed by atoms with Crippen LogP contribution in [0.4, 0.5) is 5.00 Å². The molecule has 0 aromatic carbocycles. The molecular weight excluding hydrogens is 414 g/mol. The average Bonchev–Trinajstić information content (AvgIpc) is 2.84. The van der Waals surface area contributed by atoms with Gasteiger partial charge >= 0.3 is 5.97 Å². The number of nitrogens with one attached hydrogen (secondary N) is 2. The predicted octanol–water partition coefficient (Wildman–Crippen LogP) is 2.48. The van der Waals surface area contributed by atoms with Crippen molar-refractivity contribution in [3.8, 4) is 6.07 Å². The number of carbonyl (C=O) groups excluding carboxylic acids is 2. The lowest BCUT2D eigenvalue weighted by Crippen LogP contribution is -2.36. The van der Waals surface area contributed by atoms with E-state index in [9.17, 15) is 23.3 Å². The summed E-state index contributed by atoms with van der Waals surface area (Å²) in [5.74, 6) is -1.46. The first-order valence-electron chi connectivity index (χ1n) is 9.79. The molecule has 1 aliphatic carbocycles. The number of fused-ring (bicyclic) bond motifs is 1. The number of aryl methyl sites for hydroxylation is 1. The highest BCUT2D eigenvalue weighted by molar-refractivity contribution is 7.89. The Hall–Kier alpha value is -1.96. The summed E-state index contributed by atoms with van der Waals surface area (Å²) in [4.78, 5) is 25.4. The van der Waals surface area contributed by atoms with Crippen LogP contribution in [0.5, 0.6) is 0 Å². The topological polar surface area (TPSA) is 125 Å². The third-order valence-corrected chi connectivity index (χ3v) is 7.27. The minimum absolute atomic E-state index is 0.0627. The van der Waals surface area contributed by atoms with E-state index in [0.717, 1.165) is 49.0 Å². The molecule has 1 unspecified atom stereocenters. The van der Waals surface area contributed by atoms with E-state index in [-0.39, 0.29) is 5.75 Å². The van der Waals surface area contributed by atoms with Gasteiger partial charge in [0.05, 0.1) is 11.3 Å². The van der Waals surface area contributed by atoms with Crippen molar-refractivity contribution in [1.82, 2.24) is 4.72 Å². The third kappa shape index (κ3) is 6.80. The molecule has 8 nitrogen and oxygen atoms in total. The zero-order chi connectivity index (χ0) is 21.4. The summed E-state index contributed by atoms with van der Waals surface area (Å²) in [6.45, 7) is 2.75. The number of nitriles is 1. The van der Waals surface area contributed by atoms with Crippen LogP contribution >= 0.6 is 11.3 Å². The fraction of sp³-hybridized carbons (Fsp3) is 0.632. The standard InChI is InChI=1S/C19H27N3O5S2/c1-3-4-10-29(25,26)21-12-17(23)27-13(2)18(24)22-19-15(11-20)14-8-6-5-7-9-16(14)28-19/h13,21H,3-10,12H2,1-2H3,(H,22,24). The van der Waals surface area contributed by atoms with Crippen LogP contribution in [0.2, 0.25) is 0 Å². The maximum absolute atomic E-state index is 12.4. The highest BCUT2D eigenvalue weighted by Gasteiger charge is 2.24. The van der Waals surface area contributed by atoms with Gasteiger partial charge < -0.3 is 10.1 Å². The molecule has 0 radical (unpaired) electrons. The number of ether oxygens (including phenoxy) is 1. The largest absolute Gasteiger partial charge is 0.452 e. The maximum atomic E-state index is 12.4. The first-order chi connectivity index (χ1) is 13.8. The Bertz CT molecular complexity index is 886. The Morgan fingerprint density at radius 2 is 2.00 bits per heavy atom. The highest BCUT2D eigenvalue weighted by atomic mass is 32.2. The van der Waals surface area contributed by atoms with Crippen molar-refractivity contribution < 1.29 is 22.7 Å². The van der Waals surface area contributed by atoms with Gasteiger partial charge in [0.15, 0.2) is 6.10 Å². The van der Waals surface area contributed by atoms with Crippen LogP contribution in [0.15, 0.2) is 0 Å². The minimum Gasteiger partial charge on any atom is -0.452 e. The molecule has 160 valence electrons. The van der Waals surface area contributed by atoms with E-state index >= 15 is 0 Å². The SMILES string of the molecule is CCCCS(=O)(=O)NCC(=O)OC(C)C(=O)Nc1sc2c(c1C#N)CCCCC2.